The van der Waals surface area contributed by atoms with Gasteiger partial charge < -0.3 is 15.2 Å². The number of carboxylic acids is 2. The highest BCUT2D eigenvalue weighted by molar-refractivity contribution is 6.31. The number of aromatic nitrogens is 3. The van der Waals surface area contributed by atoms with E-state index in [9.17, 15) is 9.59 Å². The Morgan fingerprint density at radius 2 is 1.87 bits per heavy atom. The van der Waals surface area contributed by atoms with Crippen molar-refractivity contribution in [1.82, 2.24) is 15.2 Å². The van der Waals surface area contributed by atoms with E-state index in [-0.39, 0.29) is 6.42 Å². The summed E-state index contributed by atoms with van der Waals surface area (Å²) in [7, 11) is 0. The van der Waals surface area contributed by atoms with E-state index in [2.05, 4.69) is 21.2 Å². The monoisotopic (exact) mass is 441 g/mol. The minimum atomic E-state index is -0.865. The van der Waals surface area contributed by atoms with Crippen LogP contribution in [-0.2, 0) is 16.0 Å². The summed E-state index contributed by atoms with van der Waals surface area (Å²) in [6.07, 6.45) is 4.21. The van der Waals surface area contributed by atoms with Crippen molar-refractivity contribution in [3.05, 3.63) is 64.9 Å². The average molecular weight is 442 g/mol. The van der Waals surface area contributed by atoms with E-state index in [1.54, 1.807) is 18.2 Å². The van der Waals surface area contributed by atoms with Crippen LogP contribution < -0.4 is 0 Å². The third-order valence-corrected chi connectivity index (χ3v) is 5.34. The summed E-state index contributed by atoms with van der Waals surface area (Å²) in [6, 6.07) is 13.3. The number of fused-ring (bicyclic) bond motifs is 2. The Labute approximate surface area is 184 Å². The molecule has 0 aliphatic rings. The molecule has 1 atom stereocenters. The zero-order valence-corrected chi connectivity index (χ0v) is 17.8. The summed E-state index contributed by atoms with van der Waals surface area (Å²) in [5, 5.41) is 27.1. The number of hydrogen-bond acceptors (Lipinski definition) is 3. The van der Waals surface area contributed by atoms with E-state index >= 15 is 0 Å². The lowest BCUT2D eigenvalue weighted by Crippen LogP contribution is -2.11. The van der Waals surface area contributed by atoms with Gasteiger partial charge in [-0.1, -0.05) is 36.7 Å². The highest BCUT2D eigenvalue weighted by atomic mass is 35.5. The standard InChI is InChI=1S/C12H13NO2.C11H11ClN2O2/c14-12(15)7-3-4-9-8-13-11-6-2-1-5-10(9)11;1-2-7(11(15)16)10-8-5-6(12)3-4-9(8)13-14-10/h1-2,5-6,8,13H,3-4,7H2,(H,14,15);3-5,7H,2H2,1H3,(H,13,14)(H,15,16). The number of H-pyrrole nitrogens is 2. The van der Waals surface area contributed by atoms with Crippen LogP contribution in [0, 0.1) is 0 Å². The minimum Gasteiger partial charge on any atom is -0.481 e. The highest BCUT2D eigenvalue weighted by Gasteiger charge is 2.22. The Morgan fingerprint density at radius 3 is 2.58 bits per heavy atom. The van der Waals surface area contributed by atoms with Gasteiger partial charge in [-0.3, -0.25) is 14.7 Å². The maximum absolute atomic E-state index is 11.1. The molecule has 4 N–H and O–H groups in total. The molecule has 0 radical (unpaired) electrons. The van der Waals surface area contributed by atoms with Crippen LogP contribution in [0.4, 0.5) is 0 Å². The van der Waals surface area contributed by atoms with Gasteiger partial charge in [0.2, 0.25) is 0 Å². The number of nitrogens with one attached hydrogen (secondary N) is 2. The Bertz CT molecular complexity index is 1200. The number of aryl methyl sites for hydroxylation is 1. The average Bonchev–Trinajstić information content (AvgIpc) is 3.33. The number of aliphatic carboxylic acids is 2. The van der Waals surface area contributed by atoms with Crippen LogP contribution >= 0.6 is 11.6 Å². The molecule has 4 aromatic rings. The van der Waals surface area contributed by atoms with E-state index < -0.39 is 17.9 Å². The van der Waals surface area contributed by atoms with Gasteiger partial charge in [-0.15, -0.1) is 0 Å². The smallest absolute Gasteiger partial charge is 0.312 e. The summed E-state index contributed by atoms with van der Waals surface area (Å²) in [4.78, 5) is 24.6. The summed E-state index contributed by atoms with van der Waals surface area (Å²) in [5.41, 5.74) is 3.67. The number of nitrogens with zero attached hydrogens (tertiary/aromatic N) is 1. The zero-order valence-electron chi connectivity index (χ0n) is 17.1. The number of aromatic amines is 2. The highest BCUT2D eigenvalue weighted by Crippen LogP contribution is 2.28. The third kappa shape index (κ3) is 5.44. The number of para-hydroxylation sites is 1. The van der Waals surface area contributed by atoms with E-state index in [0.717, 1.165) is 22.8 Å². The first kappa shape index (κ1) is 22.4. The van der Waals surface area contributed by atoms with Crippen molar-refractivity contribution >= 4 is 45.3 Å². The fourth-order valence-electron chi connectivity index (χ4n) is 3.53. The first-order chi connectivity index (χ1) is 14.9. The van der Waals surface area contributed by atoms with Gasteiger partial charge in [-0.25, -0.2) is 0 Å². The molecular formula is C23H24ClN3O4. The second kappa shape index (κ2) is 10.1. The maximum Gasteiger partial charge on any atom is 0.312 e. The molecule has 4 rings (SSSR count). The molecule has 2 aromatic heterocycles. The lowest BCUT2D eigenvalue weighted by Gasteiger charge is -2.06. The predicted octanol–water partition coefficient (Wildman–Crippen LogP) is 5.37. The summed E-state index contributed by atoms with van der Waals surface area (Å²) in [6.45, 7) is 1.82. The number of hydrogen-bond donors (Lipinski definition) is 4. The van der Waals surface area contributed by atoms with Gasteiger partial charge in [-0.05, 0) is 49.1 Å². The van der Waals surface area contributed by atoms with Crippen LogP contribution in [0.25, 0.3) is 21.8 Å². The normalized spacial score (nSPS) is 11.8. The van der Waals surface area contributed by atoms with Crippen molar-refractivity contribution in [3.8, 4) is 0 Å². The first-order valence-corrected chi connectivity index (χ1v) is 10.4. The Hall–Kier alpha value is -3.32. The van der Waals surface area contributed by atoms with E-state index in [1.165, 1.54) is 10.9 Å². The molecule has 2 heterocycles. The van der Waals surface area contributed by atoms with Crippen LogP contribution in [0.5, 0.6) is 0 Å². The van der Waals surface area contributed by atoms with Crippen molar-refractivity contribution in [2.24, 2.45) is 0 Å². The quantitative estimate of drug-likeness (QED) is 0.307. The topological polar surface area (TPSA) is 119 Å². The van der Waals surface area contributed by atoms with E-state index in [1.807, 2.05) is 31.3 Å². The second-order valence-corrected chi connectivity index (χ2v) is 7.64. The molecule has 2 aromatic carbocycles. The van der Waals surface area contributed by atoms with Gasteiger partial charge in [-0.2, -0.15) is 5.10 Å². The van der Waals surface area contributed by atoms with Crippen LogP contribution in [0.2, 0.25) is 5.02 Å². The number of benzene rings is 2. The third-order valence-electron chi connectivity index (χ3n) is 5.10. The molecule has 0 fully saturated rings. The molecule has 7 nitrogen and oxygen atoms in total. The lowest BCUT2D eigenvalue weighted by atomic mass is 9.99. The van der Waals surface area contributed by atoms with Crippen LogP contribution in [0.3, 0.4) is 0 Å². The van der Waals surface area contributed by atoms with Crippen molar-refractivity contribution in [1.29, 1.82) is 0 Å². The van der Waals surface area contributed by atoms with Gasteiger partial charge in [0.15, 0.2) is 0 Å². The fraction of sp³-hybridized carbons (Fsp3) is 0.261. The largest absolute Gasteiger partial charge is 0.481 e. The molecule has 0 aliphatic carbocycles. The molecular weight excluding hydrogens is 418 g/mol. The van der Waals surface area contributed by atoms with Crippen LogP contribution in [0.15, 0.2) is 48.7 Å². The second-order valence-electron chi connectivity index (χ2n) is 7.20. The Morgan fingerprint density at radius 1 is 1.10 bits per heavy atom. The van der Waals surface area contributed by atoms with Crippen LogP contribution in [-0.4, -0.2) is 37.3 Å². The van der Waals surface area contributed by atoms with Gasteiger partial charge in [0.25, 0.3) is 0 Å². The molecule has 162 valence electrons. The first-order valence-electron chi connectivity index (χ1n) is 10.0. The molecule has 0 amide bonds. The number of rotatable bonds is 7. The van der Waals surface area contributed by atoms with Crippen molar-refractivity contribution in [2.45, 2.75) is 38.5 Å². The maximum atomic E-state index is 11.1. The predicted molar refractivity (Wildman–Crippen MR) is 121 cm³/mol. The minimum absolute atomic E-state index is 0.236. The SMILES string of the molecule is CCC(C(=O)O)c1n[nH]c2ccc(Cl)cc12.O=C(O)CCCc1c[nH]c2ccccc12. The molecule has 0 saturated carbocycles. The molecule has 1 unspecified atom stereocenters. The van der Waals surface area contributed by atoms with E-state index in [4.69, 9.17) is 21.8 Å². The summed E-state index contributed by atoms with van der Waals surface area (Å²) < 4.78 is 0. The van der Waals surface area contributed by atoms with Gasteiger partial charge in [0, 0.05) is 33.9 Å². The van der Waals surface area contributed by atoms with E-state index in [0.29, 0.717) is 23.6 Å². The van der Waals surface area contributed by atoms with Crippen LogP contribution in [0.1, 0.15) is 43.4 Å². The Kier molecular flexibility index (Phi) is 7.31. The van der Waals surface area contributed by atoms with Crippen molar-refractivity contribution < 1.29 is 19.8 Å². The van der Waals surface area contributed by atoms with Crippen molar-refractivity contribution in [2.75, 3.05) is 0 Å². The molecule has 0 saturated heterocycles. The Balaban J connectivity index is 0.000000176. The number of carboxylic acid groups (broad SMARTS) is 2. The molecule has 0 aliphatic heterocycles. The van der Waals surface area contributed by atoms with Gasteiger partial charge >= 0.3 is 11.9 Å². The molecule has 0 spiro atoms. The molecule has 31 heavy (non-hydrogen) atoms. The number of halogens is 1. The number of carbonyl (C=O) groups is 2. The van der Waals surface area contributed by atoms with Gasteiger partial charge in [0.05, 0.1) is 11.2 Å². The fourth-order valence-corrected chi connectivity index (χ4v) is 3.70. The summed E-state index contributed by atoms with van der Waals surface area (Å²) in [5.74, 6) is -2.18. The zero-order chi connectivity index (χ0) is 22.4. The molecule has 8 heteroatoms. The summed E-state index contributed by atoms with van der Waals surface area (Å²) >= 11 is 5.89. The van der Waals surface area contributed by atoms with Crippen molar-refractivity contribution in [3.63, 3.8) is 0 Å². The molecule has 0 bridgehead atoms. The lowest BCUT2D eigenvalue weighted by molar-refractivity contribution is -0.139. The van der Waals surface area contributed by atoms with Gasteiger partial charge in [0.1, 0.15) is 5.92 Å².